The number of ether oxygens (including phenoxy) is 1. The molecule has 154 valence electrons. The number of benzene rings is 1. The molecule has 0 aliphatic carbocycles. The van der Waals surface area contributed by atoms with E-state index in [1.54, 1.807) is 6.07 Å². The molecule has 0 aromatic heterocycles. The van der Waals surface area contributed by atoms with Crippen molar-refractivity contribution in [2.75, 3.05) is 13.2 Å². The van der Waals surface area contributed by atoms with Crippen molar-refractivity contribution in [2.24, 2.45) is 5.73 Å². The fourth-order valence-electron chi connectivity index (χ4n) is 3.42. The molecule has 28 heavy (non-hydrogen) atoms. The first-order valence-corrected chi connectivity index (χ1v) is 9.76. The van der Waals surface area contributed by atoms with Gasteiger partial charge in [0.05, 0.1) is 0 Å². The van der Waals surface area contributed by atoms with Crippen LogP contribution in [0.3, 0.4) is 0 Å². The van der Waals surface area contributed by atoms with Crippen LogP contribution in [0.15, 0.2) is 12.1 Å². The minimum atomic E-state index is -0.761. The van der Waals surface area contributed by atoms with E-state index in [1.165, 1.54) is 4.90 Å². The molecule has 1 aromatic rings. The van der Waals surface area contributed by atoms with Crippen molar-refractivity contribution in [2.45, 2.75) is 64.8 Å². The molecule has 7 nitrogen and oxygen atoms in total. The Kier molecular flexibility index (Phi) is 7.05. The van der Waals surface area contributed by atoms with Crippen LogP contribution in [0.25, 0.3) is 0 Å². The third-order valence-corrected chi connectivity index (χ3v) is 5.15. The highest BCUT2D eigenvalue weighted by Crippen LogP contribution is 2.33. The number of hydrogen-bond acceptors (Lipinski definition) is 5. The molecule has 2 amide bonds. The zero-order chi connectivity index (χ0) is 21.0. The molecule has 1 heterocycles. The first-order valence-electron chi connectivity index (χ1n) is 9.76. The van der Waals surface area contributed by atoms with E-state index in [0.29, 0.717) is 18.5 Å². The van der Waals surface area contributed by atoms with Gasteiger partial charge in [-0.05, 0) is 48.3 Å². The van der Waals surface area contributed by atoms with Gasteiger partial charge in [0.1, 0.15) is 17.4 Å². The van der Waals surface area contributed by atoms with Crippen LogP contribution in [0, 0.1) is 0 Å². The number of phenols is 1. The number of nitrogens with two attached hydrogens (primary N) is 1. The zero-order valence-corrected chi connectivity index (χ0v) is 17.0. The van der Waals surface area contributed by atoms with E-state index in [0.717, 1.165) is 18.4 Å². The maximum absolute atomic E-state index is 12.6. The van der Waals surface area contributed by atoms with Crippen molar-refractivity contribution in [1.82, 2.24) is 4.90 Å². The number of piperidine rings is 1. The molecule has 0 saturated carbocycles. The molecule has 0 spiro atoms. The summed E-state index contributed by atoms with van der Waals surface area (Å²) in [6.07, 6.45) is 2.12. The van der Waals surface area contributed by atoms with Crippen LogP contribution < -0.4 is 5.73 Å². The minimum Gasteiger partial charge on any atom is -0.507 e. The largest absolute Gasteiger partial charge is 0.507 e. The lowest BCUT2D eigenvalue weighted by Crippen LogP contribution is -2.51. The highest BCUT2D eigenvalue weighted by atomic mass is 16.5. The quantitative estimate of drug-likeness (QED) is 0.726. The molecule has 1 aliphatic heterocycles. The molecular weight excluding hydrogens is 360 g/mol. The summed E-state index contributed by atoms with van der Waals surface area (Å²) in [5.74, 6) is -1.70. The number of rotatable bonds is 6. The molecule has 1 atom stereocenters. The number of esters is 1. The van der Waals surface area contributed by atoms with Crippen LogP contribution in [-0.4, -0.2) is 47.0 Å². The van der Waals surface area contributed by atoms with E-state index in [1.807, 2.05) is 33.8 Å². The smallest absolute Gasteiger partial charge is 0.342 e. The van der Waals surface area contributed by atoms with Crippen molar-refractivity contribution in [3.63, 3.8) is 0 Å². The van der Waals surface area contributed by atoms with Gasteiger partial charge in [-0.2, -0.15) is 0 Å². The monoisotopic (exact) mass is 390 g/mol. The number of nitrogens with zero attached hydrogens (tertiary/aromatic N) is 1. The van der Waals surface area contributed by atoms with Crippen LogP contribution in [0.2, 0.25) is 0 Å². The van der Waals surface area contributed by atoms with E-state index >= 15 is 0 Å². The van der Waals surface area contributed by atoms with E-state index < -0.39 is 30.4 Å². The van der Waals surface area contributed by atoms with Crippen LogP contribution >= 0.6 is 0 Å². The van der Waals surface area contributed by atoms with Gasteiger partial charge in [-0.1, -0.05) is 33.8 Å². The highest BCUT2D eigenvalue weighted by molar-refractivity contribution is 5.95. The molecule has 3 N–H and O–H groups in total. The third-order valence-electron chi connectivity index (χ3n) is 5.15. The molecule has 2 rings (SSSR count). The number of carbonyl (C=O) groups is 3. The van der Waals surface area contributed by atoms with E-state index in [-0.39, 0.29) is 23.1 Å². The molecule has 0 bridgehead atoms. The van der Waals surface area contributed by atoms with Crippen molar-refractivity contribution in [3.8, 4) is 5.75 Å². The maximum Gasteiger partial charge on any atom is 0.342 e. The van der Waals surface area contributed by atoms with Crippen LogP contribution in [0.4, 0.5) is 0 Å². The number of phenolic OH excluding ortho intramolecular Hbond substituents is 1. The van der Waals surface area contributed by atoms with Gasteiger partial charge >= 0.3 is 5.97 Å². The first-order chi connectivity index (χ1) is 13.1. The Morgan fingerprint density at radius 1 is 1.18 bits per heavy atom. The van der Waals surface area contributed by atoms with Crippen LogP contribution in [-0.2, 0) is 14.3 Å². The topological polar surface area (TPSA) is 110 Å². The second-order valence-corrected chi connectivity index (χ2v) is 7.89. The Morgan fingerprint density at radius 2 is 1.86 bits per heavy atom. The minimum absolute atomic E-state index is 0.0246. The molecule has 0 radical (unpaired) electrons. The summed E-state index contributed by atoms with van der Waals surface area (Å²) in [6, 6.07) is 2.83. The van der Waals surface area contributed by atoms with Crippen molar-refractivity contribution < 1.29 is 24.2 Å². The lowest BCUT2D eigenvalue weighted by molar-refractivity contribution is -0.143. The molecule has 1 fully saturated rings. The second kappa shape index (κ2) is 9.08. The summed E-state index contributed by atoms with van der Waals surface area (Å²) in [7, 11) is 0. The van der Waals surface area contributed by atoms with Gasteiger partial charge in [0.15, 0.2) is 6.61 Å². The van der Waals surface area contributed by atoms with Gasteiger partial charge in [-0.25, -0.2) is 4.79 Å². The summed E-state index contributed by atoms with van der Waals surface area (Å²) < 4.78 is 5.18. The molecule has 1 aromatic carbocycles. The van der Waals surface area contributed by atoms with Crippen molar-refractivity contribution in [1.29, 1.82) is 0 Å². The van der Waals surface area contributed by atoms with Crippen LogP contribution in [0.1, 0.15) is 80.3 Å². The lowest BCUT2D eigenvalue weighted by atomic mass is 9.92. The fraction of sp³-hybridized carbons (Fsp3) is 0.571. The summed E-state index contributed by atoms with van der Waals surface area (Å²) in [6.45, 7) is 7.77. The molecular formula is C21H30N2O5. The lowest BCUT2D eigenvalue weighted by Gasteiger charge is -2.33. The van der Waals surface area contributed by atoms with Crippen molar-refractivity contribution >= 4 is 17.8 Å². The first kappa shape index (κ1) is 21.7. The Bertz CT molecular complexity index is 757. The Morgan fingerprint density at radius 3 is 2.43 bits per heavy atom. The van der Waals surface area contributed by atoms with E-state index in [4.69, 9.17) is 10.5 Å². The third kappa shape index (κ3) is 4.82. The second-order valence-electron chi connectivity index (χ2n) is 7.89. The summed E-state index contributed by atoms with van der Waals surface area (Å²) in [4.78, 5) is 38.0. The Labute approximate surface area is 165 Å². The average molecular weight is 390 g/mol. The highest BCUT2D eigenvalue weighted by Gasteiger charge is 2.31. The SMILES string of the molecule is CC(C)c1cc(C(=O)OCC(=O)N2CCCC[C@@H]2C(N)=O)c(O)c(C(C)C)c1. The normalized spacial score (nSPS) is 17.1. The number of carbonyl (C=O) groups excluding carboxylic acids is 3. The summed E-state index contributed by atoms with van der Waals surface area (Å²) in [5.41, 5.74) is 7.00. The van der Waals surface area contributed by atoms with E-state index in [2.05, 4.69) is 0 Å². The maximum atomic E-state index is 12.6. The number of hydrogen-bond donors (Lipinski definition) is 2. The van der Waals surface area contributed by atoms with Crippen molar-refractivity contribution in [3.05, 3.63) is 28.8 Å². The van der Waals surface area contributed by atoms with E-state index in [9.17, 15) is 19.5 Å². The number of likely N-dealkylation sites (tertiary alicyclic amines) is 1. The predicted molar refractivity (Wildman–Crippen MR) is 105 cm³/mol. The van der Waals surface area contributed by atoms with Crippen LogP contribution in [0.5, 0.6) is 5.75 Å². The molecule has 7 heteroatoms. The van der Waals surface area contributed by atoms with Gasteiger partial charge in [0.25, 0.3) is 5.91 Å². The number of aromatic hydroxyl groups is 1. The standard InChI is InChI=1S/C21H30N2O5/c1-12(2)14-9-15(13(3)4)19(25)16(10-14)21(27)28-11-18(24)23-8-6-5-7-17(23)20(22)26/h9-10,12-13,17,25H,5-8,11H2,1-4H3,(H2,22,26)/t17-/m1/s1. The van der Waals surface area contributed by atoms with Gasteiger partial charge in [0, 0.05) is 6.54 Å². The molecule has 1 saturated heterocycles. The predicted octanol–water partition coefficient (Wildman–Crippen LogP) is 2.66. The number of primary amides is 1. The Balaban J connectivity index is 2.16. The number of amides is 2. The van der Waals surface area contributed by atoms with Gasteiger partial charge in [-0.3, -0.25) is 9.59 Å². The average Bonchev–Trinajstić information content (AvgIpc) is 2.65. The summed E-state index contributed by atoms with van der Waals surface area (Å²) in [5, 5.41) is 10.5. The van der Waals surface area contributed by atoms with Gasteiger partial charge < -0.3 is 20.5 Å². The van der Waals surface area contributed by atoms with Gasteiger partial charge in [0.2, 0.25) is 5.91 Å². The Hall–Kier alpha value is -2.57. The molecule has 0 unspecified atom stereocenters. The van der Waals surface area contributed by atoms with Gasteiger partial charge in [-0.15, -0.1) is 0 Å². The summed E-state index contributed by atoms with van der Waals surface area (Å²) >= 11 is 0. The fourth-order valence-corrected chi connectivity index (χ4v) is 3.42. The molecule has 1 aliphatic rings. The zero-order valence-electron chi connectivity index (χ0n) is 17.0.